The first-order valence-corrected chi connectivity index (χ1v) is 7.00. The molecule has 114 valence electrons. The van der Waals surface area contributed by atoms with Crippen molar-refractivity contribution in [3.05, 3.63) is 62.7 Å². The number of hydrogen-bond donors (Lipinski definition) is 1. The zero-order valence-electron chi connectivity index (χ0n) is 12.8. The molecule has 0 aliphatic rings. The predicted molar refractivity (Wildman–Crippen MR) is 86.4 cm³/mol. The van der Waals surface area contributed by atoms with Crippen molar-refractivity contribution >= 4 is 17.1 Å². The number of nitro benzene ring substituents is 1. The molecule has 0 aliphatic carbocycles. The van der Waals surface area contributed by atoms with E-state index in [9.17, 15) is 20.6 Å². The van der Waals surface area contributed by atoms with E-state index in [0.29, 0.717) is 17.7 Å². The average molecular weight is 306 g/mol. The lowest BCUT2D eigenvalue weighted by Gasteiger charge is -2.15. The molecule has 0 bridgehead atoms. The quantitative estimate of drug-likeness (QED) is 0.680. The summed E-state index contributed by atoms with van der Waals surface area (Å²) >= 11 is 0. The van der Waals surface area contributed by atoms with Crippen LogP contribution in [0.25, 0.3) is 0 Å². The fourth-order valence-electron chi connectivity index (χ4n) is 2.53. The molecule has 0 radical (unpaired) electrons. The van der Waals surface area contributed by atoms with Crippen molar-refractivity contribution in [3.63, 3.8) is 0 Å². The zero-order valence-corrected chi connectivity index (χ0v) is 12.8. The second kappa shape index (κ2) is 6.59. The molecular formula is C17H14N4O2. The van der Waals surface area contributed by atoms with Gasteiger partial charge in [0.25, 0.3) is 5.69 Å². The van der Waals surface area contributed by atoms with Crippen molar-refractivity contribution < 1.29 is 4.92 Å². The minimum Gasteiger partial charge on any atom is -0.348 e. The number of nitriles is 2. The van der Waals surface area contributed by atoms with Gasteiger partial charge in [0.05, 0.1) is 21.7 Å². The third-order valence-corrected chi connectivity index (χ3v) is 3.60. The number of anilines is 2. The number of benzene rings is 2. The van der Waals surface area contributed by atoms with Crippen molar-refractivity contribution in [1.29, 1.82) is 10.5 Å². The van der Waals surface area contributed by atoms with E-state index in [2.05, 4.69) is 11.4 Å². The molecule has 2 aromatic carbocycles. The summed E-state index contributed by atoms with van der Waals surface area (Å²) in [6.07, 6.45) is 0.631. The Labute approximate surface area is 133 Å². The molecule has 0 fully saturated rings. The van der Waals surface area contributed by atoms with Gasteiger partial charge in [-0.2, -0.15) is 10.5 Å². The lowest BCUT2D eigenvalue weighted by molar-refractivity contribution is -0.383. The molecule has 2 rings (SSSR count). The Morgan fingerprint density at radius 3 is 2.52 bits per heavy atom. The molecule has 0 heterocycles. The van der Waals surface area contributed by atoms with Crippen LogP contribution >= 0.6 is 0 Å². The van der Waals surface area contributed by atoms with E-state index in [-0.39, 0.29) is 16.9 Å². The van der Waals surface area contributed by atoms with Gasteiger partial charge in [-0.05, 0) is 36.6 Å². The van der Waals surface area contributed by atoms with E-state index in [1.807, 2.05) is 19.9 Å². The maximum Gasteiger partial charge on any atom is 0.292 e. The summed E-state index contributed by atoms with van der Waals surface area (Å²) in [4.78, 5) is 10.6. The van der Waals surface area contributed by atoms with Gasteiger partial charge in [-0.15, -0.1) is 0 Å². The first-order chi connectivity index (χ1) is 11.0. The van der Waals surface area contributed by atoms with Crippen LogP contribution in [0, 0.1) is 39.7 Å². The zero-order chi connectivity index (χ0) is 17.0. The third kappa shape index (κ3) is 2.97. The van der Waals surface area contributed by atoms with Crippen LogP contribution in [0.2, 0.25) is 0 Å². The van der Waals surface area contributed by atoms with Crippen LogP contribution in [0.3, 0.4) is 0 Å². The van der Waals surface area contributed by atoms with E-state index in [1.165, 1.54) is 6.07 Å². The van der Waals surface area contributed by atoms with Crippen molar-refractivity contribution in [2.24, 2.45) is 0 Å². The first-order valence-electron chi connectivity index (χ1n) is 7.00. The summed E-state index contributed by atoms with van der Waals surface area (Å²) in [5, 5.41) is 32.9. The van der Waals surface area contributed by atoms with E-state index in [1.54, 1.807) is 24.3 Å². The maximum atomic E-state index is 11.1. The van der Waals surface area contributed by atoms with Crippen molar-refractivity contribution in [2.45, 2.75) is 20.3 Å². The van der Waals surface area contributed by atoms with Gasteiger partial charge in [0, 0.05) is 6.07 Å². The van der Waals surface area contributed by atoms with Gasteiger partial charge in [-0.1, -0.05) is 19.1 Å². The molecule has 0 saturated carbocycles. The third-order valence-electron chi connectivity index (χ3n) is 3.60. The van der Waals surface area contributed by atoms with Gasteiger partial charge >= 0.3 is 0 Å². The summed E-state index contributed by atoms with van der Waals surface area (Å²) in [6, 6.07) is 12.0. The van der Waals surface area contributed by atoms with Crippen LogP contribution in [-0.2, 0) is 6.42 Å². The van der Waals surface area contributed by atoms with Gasteiger partial charge in [0.2, 0.25) is 0 Å². The molecule has 0 amide bonds. The molecule has 6 nitrogen and oxygen atoms in total. The Balaban J connectivity index is 2.68. The number of nitrogens with zero attached hydrogens (tertiary/aromatic N) is 3. The molecule has 0 saturated heterocycles. The Morgan fingerprint density at radius 1 is 1.26 bits per heavy atom. The molecule has 6 heteroatoms. The summed E-state index contributed by atoms with van der Waals surface area (Å²) in [5.74, 6) is 0. The Bertz CT molecular complexity index is 860. The number of rotatable bonds is 4. The van der Waals surface area contributed by atoms with E-state index in [4.69, 9.17) is 0 Å². The van der Waals surface area contributed by atoms with Crippen molar-refractivity contribution in [1.82, 2.24) is 0 Å². The number of para-hydroxylation sites is 2. The summed E-state index contributed by atoms with van der Waals surface area (Å²) in [7, 11) is 0. The minimum absolute atomic E-state index is 0.112. The smallest absolute Gasteiger partial charge is 0.292 e. The van der Waals surface area contributed by atoms with Crippen molar-refractivity contribution in [2.75, 3.05) is 5.32 Å². The highest BCUT2D eigenvalue weighted by molar-refractivity contribution is 5.79. The number of nitro groups is 1. The summed E-state index contributed by atoms with van der Waals surface area (Å²) < 4.78 is 0. The van der Waals surface area contributed by atoms with Crippen LogP contribution in [0.15, 0.2) is 30.3 Å². The van der Waals surface area contributed by atoms with Crippen LogP contribution in [0.1, 0.15) is 29.2 Å². The van der Waals surface area contributed by atoms with Crippen molar-refractivity contribution in [3.8, 4) is 12.1 Å². The number of aryl methyl sites for hydroxylation is 1. The average Bonchev–Trinajstić information content (AvgIpc) is 2.55. The van der Waals surface area contributed by atoms with E-state index >= 15 is 0 Å². The lowest BCUT2D eigenvalue weighted by Crippen LogP contribution is -2.04. The second-order valence-corrected chi connectivity index (χ2v) is 4.95. The monoisotopic (exact) mass is 306 g/mol. The minimum atomic E-state index is -0.505. The van der Waals surface area contributed by atoms with E-state index in [0.717, 1.165) is 11.1 Å². The van der Waals surface area contributed by atoms with Crippen LogP contribution in [0.5, 0.6) is 0 Å². The summed E-state index contributed by atoms with van der Waals surface area (Å²) in [5.41, 5.74) is 2.76. The fraction of sp³-hybridized carbons (Fsp3) is 0.176. The first kappa shape index (κ1) is 16.0. The Hall–Kier alpha value is -3.38. The van der Waals surface area contributed by atoms with Gasteiger partial charge in [-0.3, -0.25) is 10.1 Å². The standard InChI is InChI=1S/C17H14N4O2/c1-3-13-11(2)8-12(9-18)17(14(13)10-19)20-15-6-4-5-7-16(15)21(22)23/h4-8,20H,3H2,1-2H3. The summed E-state index contributed by atoms with van der Waals surface area (Å²) in [6.45, 7) is 3.76. The lowest BCUT2D eigenvalue weighted by atomic mass is 9.95. The molecule has 0 atom stereocenters. The predicted octanol–water partition coefficient (Wildman–Crippen LogP) is 3.95. The topological polar surface area (TPSA) is 103 Å². The van der Waals surface area contributed by atoms with Gasteiger partial charge < -0.3 is 5.32 Å². The van der Waals surface area contributed by atoms with Gasteiger partial charge in [0.1, 0.15) is 17.8 Å². The molecular weight excluding hydrogens is 292 g/mol. The van der Waals surface area contributed by atoms with Crippen LogP contribution < -0.4 is 5.32 Å². The molecule has 0 aromatic heterocycles. The maximum absolute atomic E-state index is 11.1. The molecule has 0 unspecified atom stereocenters. The van der Waals surface area contributed by atoms with Gasteiger partial charge in [-0.25, -0.2) is 0 Å². The Morgan fingerprint density at radius 2 is 1.96 bits per heavy atom. The highest BCUT2D eigenvalue weighted by Gasteiger charge is 2.19. The second-order valence-electron chi connectivity index (χ2n) is 4.95. The molecule has 23 heavy (non-hydrogen) atoms. The molecule has 2 aromatic rings. The highest BCUT2D eigenvalue weighted by Crippen LogP contribution is 2.33. The SMILES string of the molecule is CCc1c(C)cc(C#N)c(Nc2ccccc2[N+](=O)[O-])c1C#N. The van der Waals surface area contributed by atoms with Crippen LogP contribution in [-0.4, -0.2) is 4.92 Å². The highest BCUT2D eigenvalue weighted by atomic mass is 16.6. The van der Waals surface area contributed by atoms with Crippen LogP contribution in [0.4, 0.5) is 17.1 Å². The fourth-order valence-corrected chi connectivity index (χ4v) is 2.53. The largest absolute Gasteiger partial charge is 0.348 e. The Kier molecular flexibility index (Phi) is 4.58. The van der Waals surface area contributed by atoms with Gasteiger partial charge in [0.15, 0.2) is 0 Å². The number of hydrogen-bond acceptors (Lipinski definition) is 5. The van der Waals surface area contributed by atoms with E-state index < -0.39 is 4.92 Å². The molecule has 1 N–H and O–H groups in total. The number of nitrogens with one attached hydrogen (secondary N) is 1. The normalized spacial score (nSPS) is 9.74. The molecule has 0 spiro atoms. The molecule has 0 aliphatic heterocycles.